The highest BCUT2D eigenvalue weighted by atomic mass is 32.2. The Hall–Kier alpha value is 0.270. The predicted octanol–water partition coefficient (Wildman–Crippen LogP) is 2.03. The van der Waals surface area contributed by atoms with E-state index >= 15 is 0 Å². The summed E-state index contributed by atoms with van der Waals surface area (Å²) in [6.07, 6.45) is 4.69. The molecule has 0 aromatic rings. The van der Waals surface area contributed by atoms with Crippen molar-refractivity contribution in [3.05, 3.63) is 0 Å². The van der Waals surface area contributed by atoms with Crippen molar-refractivity contribution in [1.82, 2.24) is 0 Å². The molecule has 1 rings (SSSR count). The van der Waals surface area contributed by atoms with E-state index in [1.807, 2.05) is 11.8 Å². The molecule has 78 valence electrons. The van der Waals surface area contributed by atoms with Gasteiger partial charge in [-0.25, -0.2) is 0 Å². The Morgan fingerprint density at radius 3 is 2.92 bits per heavy atom. The molecular formula is C10H21NOS. The van der Waals surface area contributed by atoms with Crippen molar-refractivity contribution in [2.75, 3.05) is 24.7 Å². The molecule has 0 aromatic carbocycles. The van der Waals surface area contributed by atoms with Gasteiger partial charge in [0, 0.05) is 6.61 Å². The molecule has 0 spiro atoms. The van der Waals surface area contributed by atoms with Crippen molar-refractivity contribution < 1.29 is 4.74 Å². The van der Waals surface area contributed by atoms with Crippen LogP contribution in [-0.2, 0) is 4.74 Å². The van der Waals surface area contributed by atoms with Crippen LogP contribution in [0, 0.1) is 0 Å². The minimum atomic E-state index is 0.118. The number of hydrogen-bond donors (Lipinski definition) is 1. The van der Waals surface area contributed by atoms with E-state index in [0.29, 0.717) is 0 Å². The van der Waals surface area contributed by atoms with Crippen molar-refractivity contribution in [2.45, 2.75) is 38.2 Å². The third-order valence-corrected chi connectivity index (χ3v) is 3.74. The molecule has 0 aromatic heterocycles. The van der Waals surface area contributed by atoms with Gasteiger partial charge in [-0.15, -0.1) is 0 Å². The molecule has 0 amide bonds. The molecule has 13 heavy (non-hydrogen) atoms. The minimum absolute atomic E-state index is 0.118. The minimum Gasteiger partial charge on any atom is -0.375 e. The zero-order chi connectivity index (χ0) is 9.57. The zero-order valence-corrected chi connectivity index (χ0v) is 9.37. The van der Waals surface area contributed by atoms with E-state index in [2.05, 4.69) is 6.92 Å². The quantitative estimate of drug-likeness (QED) is 0.759. The van der Waals surface area contributed by atoms with Crippen LogP contribution in [0.25, 0.3) is 0 Å². The highest BCUT2D eigenvalue weighted by Gasteiger charge is 2.30. The molecule has 3 heteroatoms. The number of rotatable bonds is 4. The van der Waals surface area contributed by atoms with Gasteiger partial charge in [0.1, 0.15) is 0 Å². The Kier molecular flexibility index (Phi) is 5.14. The maximum Gasteiger partial charge on any atom is 0.0702 e. The number of hydrogen-bond acceptors (Lipinski definition) is 3. The van der Waals surface area contributed by atoms with E-state index in [4.69, 9.17) is 10.5 Å². The second kappa shape index (κ2) is 5.89. The summed E-state index contributed by atoms with van der Waals surface area (Å²) in [5.41, 5.74) is 5.76. The molecule has 1 unspecified atom stereocenters. The molecule has 1 fully saturated rings. The van der Waals surface area contributed by atoms with Crippen LogP contribution < -0.4 is 5.73 Å². The molecule has 1 heterocycles. The van der Waals surface area contributed by atoms with Gasteiger partial charge >= 0.3 is 0 Å². The van der Waals surface area contributed by atoms with E-state index < -0.39 is 0 Å². The van der Waals surface area contributed by atoms with Crippen LogP contribution in [0.4, 0.5) is 0 Å². The molecule has 1 aliphatic heterocycles. The van der Waals surface area contributed by atoms with Gasteiger partial charge in [-0.05, 0) is 50.7 Å². The van der Waals surface area contributed by atoms with Gasteiger partial charge in [-0.3, -0.25) is 0 Å². The van der Waals surface area contributed by atoms with Crippen molar-refractivity contribution in [3.8, 4) is 0 Å². The first-order valence-corrected chi connectivity index (χ1v) is 6.40. The highest BCUT2D eigenvalue weighted by molar-refractivity contribution is 7.99. The zero-order valence-electron chi connectivity index (χ0n) is 8.55. The molecule has 0 saturated carbocycles. The lowest BCUT2D eigenvalue weighted by atomic mass is 9.91. The van der Waals surface area contributed by atoms with E-state index in [1.54, 1.807) is 0 Å². The molecule has 2 nitrogen and oxygen atoms in total. The summed E-state index contributed by atoms with van der Waals surface area (Å²) in [4.78, 5) is 0. The normalized spacial score (nSPS) is 30.0. The summed E-state index contributed by atoms with van der Waals surface area (Å²) in [6, 6.07) is 0. The van der Waals surface area contributed by atoms with Crippen LogP contribution in [0.3, 0.4) is 0 Å². The van der Waals surface area contributed by atoms with E-state index in [0.717, 1.165) is 19.6 Å². The highest BCUT2D eigenvalue weighted by Crippen LogP contribution is 2.31. The molecule has 0 aliphatic carbocycles. The predicted molar refractivity (Wildman–Crippen MR) is 59.2 cm³/mol. The molecule has 1 aliphatic rings. The van der Waals surface area contributed by atoms with Crippen molar-refractivity contribution in [1.29, 1.82) is 0 Å². The SMILES string of the molecule is CCOC1(CCN)CCCSCC1. The average molecular weight is 203 g/mol. The third kappa shape index (κ3) is 3.49. The molecule has 1 atom stereocenters. The van der Waals surface area contributed by atoms with Gasteiger partial charge in [0.25, 0.3) is 0 Å². The summed E-state index contributed by atoms with van der Waals surface area (Å²) in [5, 5.41) is 0. The van der Waals surface area contributed by atoms with Gasteiger partial charge in [0.05, 0.1) is 5.60 Å². The number of ether oxygens (including phenoxy) is 1. The second-order valence-electron chi connectivity index (χ2n) is 3.62. The summed E-state index contributed by atoms with van der Waals surface area (Å²) >= 11 is 2.05. The fourth-order valence-corrected chi connectivity index (χ4v) is 3.09. The van der Waals surface area contributed by atoms with E-state index in [1.165, 1.54) is 30.8 Å². The van der Waals surface area contributed by atoms with Crippen LogP contribution in [0.1, 0.15) is 32.6 Å². The van der Waals surface area contributed by atoms with Gasteiger partial charge in [0.2, 0.25) is 0 Å². The molecular weight excluding hydrogens is 182 g/mol. The largest absolute Gasteiger partial charge is 0.375 e. The average Bonchev–Trinajstić information content (AvgIpc) is 2.32. The first kappa shape index (κ1) is 11.3. The van der Waals surface area contributed by atoms with Crippen LogP contribution in [0.2, 0.25) is 0 Å². The lowest BCUT2D eigenvalue weighted by Gasteiger charge is -2.32. The molecule has 1 saturated heterocycles. The van der Waals surface area contributed by atoms with Crippen molar-refractivity contribution in [3.63, 3.8) is 0 Å². The lowest BCUT2D eigenvalue weighted by Crippen LogP contribution is -2.35. The van der Waals surface area contributed by atoms with Crippen molar-refractivity contribution in [2.24, 2.45) is 5.73 Å². The number of nitrogens with two attached hydrogens (primary N) is 1. The van der Waals surface area contributed by atoms with Crippen LogP contribution >= 0.6 is 11.8 Å². The van der Waals surface area contributed by atoms with Gasteiger partial charge in [-0.1, -0.05) is 0 Å². The smallest absolute Gasteiger partial charge is 0.0702 e. The maximum atomic E-state index is 5.90. The van der Waals surface area contributed by atoms with E-state index in [-0.39, 0.29) is 5.60 Å². The second-order valence-corrected chi connectivity index (χ2v) is 4.85. The fourth-order valence-electron chi connectivity index (χ4n) is 2.02. The van der Waals surface area contributed by atoms with Gasteiger partial charge < -0.3 is 10.5 Å². The van der Waals surface area contributed by atoms with Crippen LogP contribution in [0.15, 0.2) is 0 Å². The third-order valence-electron chi connectivity index (χ3n) is 2.67. The summed E-state index contributed by atoms with van der Waals surface area (Å²) in [6.45, 7) is 3.66. The van der Waals surface area contributed by atoms with Gasteiger partial charge in [-0.2, -0.15) is 11.8 Å². The van der Waals surface area contributed by atoms with Crippen LogP contribution in [-0.4, -0.2) is 30.3 Å². The van der Waals surface area contributed by atoms with Gasteiger partial charge in [0.15, 0.2) is 0 Å². The van der Waals surface area contributed by atoms with Crippen molar-refractivity contribution >= 4 is 11.8 Å². The summed E-state index contributed by atoms with van der Waals surface area (Å²) in [7, 11) is 0. The Labute approximate surface area is 85.6 Å². The first-order valence-electron chi connectivity index (χ1n) is 5.25. The Morgan fingerprint density at radius 1 is 1.38 bits per heavy atom. The Bertz CT molecular complexity index is 125. The van der Waals surface area contributed by atoms with Crippen LogP contribution in [0.5, 0.6) is 0 Å². The topological polar surface area (TPSA) is 35.2 Å². The molecule has 0 bridgehead atoms. The standard InChI is InChI=1S/C10H21NOS/c1-2-12-10(5-7-11)4-3-8-13-9-6-10/h2-9,11H2,1H3. The summed E-state index contributed by atoms with van der Waals surface area (Å²) in [5.74, 6) is 2.53. The summed E-state index contributed by atoms with van der Waals surface area (Å²) < 4.78 is 5.90. The Morgan fingerprint density at radius 2 is 2.23 bits per heavy atom. The lowest BCUT2D eigenvalue weighted by molar-refractivity contribution is -0.0511. The molecule has 2 N–H and O–H groups in total. The maximum absolute atomic E-state index is 5.90. The van der Waals surface area contributed by atoms with E-state index in [9.17, 15) is 0 Å². The fraction of sp³-hybridized carbons (Fsp3) is 1.00. The molecule has 0 radical (unpaired) electrons. The number of thioether (sulfide) groups is 1. The first-order chi connectivity index (χ1) is 6.33. The Balaban J connectivity index is 2.50. The monoisotopic (exact) mass is 203 g/mol.